The average Bonchev–Trinajstić information content (AvgIpc) is 0.780. The topological polar surface area (TPSA) is 307 Å². The number of nitrogens with one attached hydrogen (secondary N) is 1. The van der Waals surface area contributed by atoms with Gasteiger partial charge in [-0.25, -0.2) is 0 Å². The van der Waals surface area contributed by atoms with E-state index >= 15 is 0 Å². The lowest BCUT2D eigenvalue weighted by atomic mass is 9.96. The molecule has 3 saturated heterocycles. The normalized spacial score (nSPS) is 25.6. The third kappa shape index (κ3) is 49.3. The first-order valence-electron chi connectivity index (χ1n) is 44.6. The molecule has 3 aliphatic rings. The second-order valence-corrected chi connectivity index (χ2v) is 31.3. The lowest BCUT2D eigenvalue weighted by Crippen LogP contribution is -2.66. The van der Waals surface area contributed by atoms with Crippen LogP contribution < -0.4 is 5.32 Å². The van der Waals surface area contributed by atoms with E-state index in [0.29, 0.717) is 6.42 Å². The fourth-order valence-electron chi connectivity index (χ4n) is 14.5. The molecule has 1 amide bonds. The summed E-state index contributed by atoms with van der Waals surface area (Å²) in [4.78, 5) is 13.5. The van der Waals surface area contributed by atoms with Crippen LogP contribution in [-0.2, 0) is 33.2 Å². The Hall–Kier alpha value is -3.55. The lowest BCUT2D eigenvalue weighted by molar-refractivity contribution is -0.379. The maximum atomic E-state index is 13.5. The van der Waals surface area contributed by atoms with Gasteiger partial charge in [-0.2, -0.15) is 0 Å². The van der Waals surface area contributed by atoms with Crippen molar-refractivity contribution < 1.29 is 89.4 Å². The fourth-order valence-corrected chi connectivity index (χ4v) is 14.5. The third-order valence-electron chi connectivity index (χ3n) is 21.6. The second kappa shape index (κ2) is 70.6. The zero-order valence-electron chi connectivity index (χ0n) is 69.2. The molecule has 17 atom stereocenters. The molecule has 3 fully saturated rings. The highest BCUT2D eigenvalue weighted by atomic mass is 16.8. The highest BCUT2D eigenvalue weighted by molar-refractivity contribution is 5.76. The van der Waals surface area contributed by atoms with Gasteiger partial charge < -0.3 is 89.9 Å². The number of unbranched alkanes of at least 4 members (excludes halogenated alkanes) is 39. The minimum atomic E-state index is -1.98. The molecule has 0 aromatic heterocycles. The minimum absolute atomic E-state index is 0.240. The summed E-state index contributed by atoms with van der Waals surface area (Å²) in [7, 11) is 0. The van der Waals surface area contributed by atoms with Crippen molar-refractivity contribution in [3.05, 3.63) is 109 Å². The summed E-state index contributed by atoms with van der Waals surface area (Å²) < 4.78 is 34.5. The van der Waals surface area contributed by atoms with E-state index in [4.69, 9.17) is 28.4 Å². The Labute approximate surface area is 672 Å². The van der Waals surface area contributed by atoms with Crippen molar-refractivity contribution in [2.45, 2.75) is 439 Å². The molecule has 0 saturated carbocycles. The van der Waals surface area contributed by atoms with Gasteiger partial charge in [-0.05, 0) is 83.5 Å². The van der Waals surface area contributed by atoms with E-state index in [0.717, 1.165) is 96.3 Å². The van der Waals surface area contributed by atoms with Crippen LogP contribution in [0.4, 0.5) is 0 Å². The van der Waals surface area contributed by atoms with E-state index in [1.54, 1.807) is 6.08 Å². The Morgan fingerprint density at radius 2 is 0.622 bits per heavy atom. The van der Waals surface area contributed by atoms with Crippen LogP contribution >= 0.6 is 0 Å². The lowest BCUT2D eigenvalue weighted by Gasteiger charge is -2.48. The molecule has 3 heterocycles. The molecule has 3 rings (SSSR count). The molecule has 111 heavy (non-hydrogen) atoms. The van der Waals surface area contributed by atoms with Gasteiger partial charge in [0.05, 0.1) is 38.6 Å². The molecule has 12 N–H and O–H groups in total. The highest BCUT2D eigenvalue weighted by Crippen LogP contribution is 2.33. The first kappa shape index (κ1) is 102. The molecule has 19 heteroatoms. The number of aliphatic hydroxyl groups excluding tert-OH is 11. The zero-order chi connectivity index (χ0) is 80.3. The van der Waals surface area contributed by atoms with Crippen LogP contribution in [-0.4, -0.2) is 193 Å². The monoisotopic (exact) mass is 1570 g/mol. The van der Waals surface area contributed by atoms with Gasteiger partial charge in [0.15, 0.2) is 18.9 Å². The van der Waals surface area contributed by atoms with Gasteiger partial charge in [0.2, 0.25) is 5.91 Å². The SMILES string of the molecule is CC/C=C\C/C=C\C/C=C\C/C=C\C/C=C\C/C=C\C/C=C\C/C=C\CCCCCCCCCCCCCCCCCCC(=O)NC(COC1OC(CO)C(OC2OC(CO)C(OC3OC(CO)C(O)C(O)C3O)C(O)C2O)C(O)C1O)C(O)/C=C/CCCCCCCCCCCCCCCCCCCCCCCCC. The summed E-state index contributed by atoms with van der Waals surface area (Å²) in [5, 5.41) is 121. The second-order valence-electron chi connectivity index (χ2n) is 31.3. The van der Waals surface area contributed by atoms with Crippen molar-refractivity contribution in [3.8, 4) is 0 Å². The predicted octanol–water partition coefficient (Wildman–Crippen LogP) is 16.8. The van der Waals surface area contributed by atoms with Crippen LogP contribution in [0.3, 0.4) is 0 Å². The van der Waals surface area contributed by atoms with E-state index < -0.39 is 124 Å². The fraction of sp³-hybridized carbons (Fsp3) is 0.793. The van der Waals surface area contributed by atoms with Crippen molar-refractivity contribution in [3.63, 3.8) is 0 Å². The van der Waals surface area contributed by atoms with Crippen LogP contribution in [0.15, 0.2) is 109 Å². The highest BCUT2D eigenvalue weighted by Gasteiger charge is 2.54. The quantitative estimate of drug-likeness (QED) is 0.0199. The van der Waals surface area contributed by atoms with Crippen molar-refractivity contribution >= 4 is 5.91 Å². The summed E-state index contributed by atoms with van der Waals surface area (Å²) in [5.41, 5.74) is 0. The van der Waals surface area contributed by atoms with Crippen LogP contribution in [0.25, 0.3) is 0 Å². The van der Waals surface area contributed by atoms with Gasteiger partial charge in [0.25, 0.3) is 0 Å². The molecule has 0 spiro atoms. The van der Waals surface area contributed by atoms with Crippen LogP contribution in [0, 0.1) is 0 Å². The number of hydrogen-bond donors (Lipinski definition) is 12. The van der Waals surface area contributed by atoms with E-state index in [1.807, 2.05) is 6.08 Å². The number of rotatable bonds is 71. The molecular formula is C92H161NO18. The minimum Gasteiger partial charge on any atom is -0.394 e. The Balaban J connectivity index is 1.32. The van der Waals surface area contributed by atoms with Crippen LogP contribution in [0.1, 0.15) is 335 Å². The molecule has 0 bridgehead atoms. The molecule has 642 valence electrons. The van der Waals surface area contributed by atoms with Gasteiger partial charge in [-0.15, -0.1) is 0 Å². The summed E-state index contributed by atoms with van der Waals surface area (Å²) in [6.07, 6.45) is 72.2. The van der Waals surface area contributed by atoms with Crippen molar-refractivity contribution in [1.29, 1.82) is 0 Å². The molecule has 19 nitrogen and oxygen atoms in total. The molecule has 0 aromatic rings. The predicted molar refractivity (Wildman–Crippen MR) is 447 cm³/mol. The molecule has 0 aliphatic carbocycles. The number of allylic oxidation sites excluding steroid dienone is 17. The van der Waals surface area contributed by atoms with Gasteiger partial charge in [0, 0.05) is 6.42 Å². The van der Waals surface area contributed by atoms with E-state index in [9.17, 15) is 61.0 Å². The molecule has 0 aromatic carbocycles. The van der Waals surface area contributed by atoms with E-state index in [2.05, 4.69) is 116 Å². The standard InChI is InChI=1S/C92H161NO18/c1-3-5-7-9-11-13-15-17-19-21-23-25-27-29-30-31-32-33-34-35-36-37-38-39-40-41-42-43-44-46-48-50-52-54-56-58-60-62-64-66-68-70-80(98)93-75(76(97)69-67-65-63-61-59-57-55-53-51-49-47-45-28-26-24-22-20-18-16-14-12-10-8-6-4-2)74-106-90-86(104)83(101)88(78(72-95)108-90)111-92-87(105)84(102)89(79(73-96)109-92)110-91-85(103)82(100)81(99)77(71-94)107-91/h5,7,11,13,17,19,23,25,29-30,32-33,35-36,38-39,67,69,75-79,81-92,94-97,99-105H,3-4,6,8-10,12,14-16,18,20-22,24,26-28,31,34,37,40-66,68,70-74H2,1-2H3,(H,93,98)/b7-5-,13-11-,19-17-,25-23-,30-29-,33-32-,36-35-,39-38-,69-67+. The first-order valence-corrected chi connectivity index (χ1v) is 44.6. The zero-order valence-corrected chi connectivity index (χ0v) is 69.2. The summed E-state index contributed by atoms with van der Waals surface area (Å²) in [5.74, 6) is -0.274. The van der Waals surface area contributed by atoms with Crippen LogP contribution in [0.5, 0.6) is 0 Å². The summed E-state index contributed by atoms with van der Waals surface area (Å²) >= 11 is 0. The van der Waals surface area contributed by atoms with Crippen molar-refractivity contribution in [2.24, 2.45) is 0 Å². The number of carbonyl (C=O) groups is 1. The Morgan fingerprint density at radius 1 is 0.333 bits per heavy atom. The molecule has 17 unspecified atom stereocenters. The largest absolute Gasteiger partial charge is 0.394 e. The first-order chi connectivity index (χ1) is 54.3. The smallest absolute Gasteiger partial charge is 0.220 e. The van der Waals surface area contributed by atoms with Gasteiger partial charge in [-0.1, -0.05) is 354 Å². The van der Waals surface area contributed by atoms with Crippen molar-refractivity contribution in [1.82, 2.24) is 5.32 Å². The number of hydrogen-bond acceptors (Lipinski definition) is 18. The van der Waals surface area contributed by atoms with Crippen LogP contribution in [0.2, 0.25) is 0 Å². The van der Waals surface area contributed by atoms with Gasteiger partial charge in [0.1, 0.15) is 73.2 Å². The summed E-state index contributed by atoms with van der Waals surface area (Å²) in [6, 6.07) is -0.980. The average molecular weight is 1570 g/mol. The Bertz CT molecular complexity index is 2430. The molecule has 0 radical (unpaired) electrons. The number of carbonyl (C=O) groups excluding carboxylic acids is 1. The number of aliphatic hydroxyl groups is 11. The maximum Gasteiger partial charge on any atom is 0.220 e. The van der Waals surface area contributed by atoms with E-state index in [1.165, 1.54) is 212 Å². The Morgan fingerprint density at radius 3 is 0.973 bits per heavy atom. The van der Waals surface area contributed by atoms with Crippen molar-refractivity contribution in [2.75, 3.05) is 26.4 Å². The molecular weight excluding hydrogens is 1410 g/mol. The third-order valence-corrected chi connectivity index (χ3v) is 21.6. The van der Waals surface area contributed by atoms with Gasteiger partial charge >= 0.3 is 0 Å². The van der Waals surface area contributed by atoms with Gasteiger partial charge in [-0.3, -0.25) is 4.79 Å². The Kier molecular flexibility index (Phi) is 64.7. The molecule has 3 aliphatic heterocycles. The van der Waals surface area contributed by atoms with E-state index in [-0.39, 0.29) is 18.9 Å². The summed E-state index contributed by atoms with van der Waals surface area (Å²) in [6.45, 7) is 1.66. The number of ether oxygens (including phenoxy) is 6. The maximum absolute atomic E-state index is 13.5. The number of amides is 1.